The number of nitrogens with zero attached hydrogens (tertiary/aromatic N) is 4. The molecule has 0 N–H and O–H groups in total. The fourth-order valence-electron chi connectivity index (χ4n) is 4.57. The van der Waals surface area contributed by atoms with Crippen LogP contribution in [-0.4, -0.2) is 45.5 Å². The number of ether oxygens (including phenoxy) is 1. The largest absolute Gasteiger partial charge is 0.368 e. The molecule has 1 spiro atoms. The highest BCUT2D eigenvalue weighted by atomic mass is 32.1. The van der Waals surface area contributed by atoms with Crippen LogP contribution in [0.4, 0.5) is 0 Å². The van der Waals surface area contributed by atoms with Crippen molar-refractivity contribution in [3.05, 3.63) is 52.6 Å². The van der Waals surface area contributed by atoms with E-state index in [2.05, 4.69) is 16.0 Å². The van der Waals surface area contributed by atoms with E-state index in [-0.39, 0.29) is 11.5 Å². The third-order valence-electron chi connectivity index (χ3n) is 6.21. The molecule has 0 radical (unpaired) electrons. The quantitative estimate of drug-likeness (QED) is 0.640. The number of carbonyl (C=O) groups excluding carboxylic acids is 1. The molecule has 0 aliphatic carbocycles. The Morgan fingerprint density at radius 1 is 1.23 bits per heavy atom. The Morgan fingerprint density at radius 2 is 2.07 bits per heavy atom. The van der Waals surface area contributed by atoms with Crippen molar-refractivity contribution in [2.45, 2.75) is 51.0 Å². The first-order chi connectivity index (χ1) is 14.6. The second-order valence-corrected chi connectivity index (χ2v) is 9.31. The van der Waals surface area contributed by atoms with Crippen LogP contribution in [0.3, 0.4) is 0 Å². The maximum atomic E-state index is 12.8. The molecule has 0 saturated carbocycles. The molecule has 4 heterocycles. The van der Waals surface area contributed by atoms with Crippen molar-refractivity contribution < 1.29 is 9.53 Å². The molecule has 6 nitrogen and oxygen atoms in total. The molecule has 2 aliphatic rings. The van der Waals surface area contributed by atoms with Crippen molar-refractivity contribution in [2.24, 2.45) is 0 Å². The highest BCUT2D eigenvalue weighted by molar-refractivity contribution is 7.18. The lowest BCUT2D eigenvalue weighted by atomic mass is 9.83. The summed E-state index contributed by atoms with van der Waals surface area (Å²) < 4.78 is 7.46. The number of likely N-dealkylation sites (tertiary alicyclic amines) is 1. The fourth-order valence-corrected chi connectivity index (χ4v) is 5.58. The number of piperidine rings is 1. The van der Waals surface area contributed by atoms with Gasteiger partial charge in [-0.25, -0.2) is 15.0 Å². The molecule has 156 valence electrons. The van der Waals surface area contributed by atoms with Gasteiger partial charge in [0.1, 0.15) is 11.4 Å². The summed E-state index contributed by atoms with van der Waals surface area (Å²) in [6, 6.07) is 8.20. The maximum absolute atomic E-state index is 12.8. The van der Waals surface area contributed by atoms with E-state index in [1.54, 1.807) is 11.3 Å². The standard InChI is InChI=1S/C23H26N4O2S/c1-16-24-15-17-9-14-29-23(22(17)25-16)10-12-27(13-11-23)21(28)8-4-7-20-26-18-5-2-3-6-19(18)30-20/h2-3,5-6,15H,4,7-14H2,1H3. The zero-order valence-corrected chi connectivity index (χ0v) is 18.1. The first-order valence-electron chi connectivity index (χ1n) is 10.7. The van der Waals surface area contributed by atoms with Crippen molar-refractivity contribution in [3.63, 3.8) is 0 Å². The highest BCUT2D eigenvalue weighted by Crippen LogP contribution is 2.40. The molecule has 3 aromatic rings. The van der Waals surface area contributed by atoms with E-state index in [4.69, 9.17) is 9.72 Å². The van der Waals surface area contributed by atoms with Crippen LogP contribution in [0, 0.1) is 6.92 Å². The molecular formula is C23H26N4O2S. The van der Waals surface area contributed by atoms with Gasteiger partial charge in [-0.05, 0) is 56.7 Å². The molecular weight excluding hydrogens is 396 g/mol. The van der Waals surface area contributed by atoms with E-state index < -0.39 is 0 Å². The Balaban J connectivity index is 1.17. The number of fused-ring (bicyclic) bond motifs is 3. The van der Waals surface area contributed by atoms with Gasteiger partial charge in [-0.3, -0.25) is 4.79 Å². The number of carbonyl (C=O) groups is 1. The first kappa shape index (κ1) is 19.6. The minimum absolute atomic E-state index is 0.237. The van der Waals surface area contributed by atoms with Gasteiger partial charge in [0.05, 0.1) is 27.5 Å². The zero-order chi connectivity index (χ0) is 20.6. The van der Waals surface area contributed by atoms with E-state index >= 15 is 0 Å². The van der Waals surface area contributed by atoms with Crippen LogP contribution in [-0.2, 0) is 28.0 Å². The van der Waals surface area contributed by atoms with Crippen molar-refractivity contribution >= 4 is 27.5 Å². The number of hydrogen-bond donors (Lipinski definition) is 0. The fraction of sp³-hybridized carbons (Fsp3) is 0.478. The molecule has 0 atom stereocenters. The molecule has 30 heavy (non-hydrogen) atoms. The van der Waals surface area contributed by atoms with E-state index in [0.29, 0.717) is 13.0 Å². The van der Waals surface area contributed by atoms with Crippen molar-refractivity contribution in [1.29, 1.82) is 0 Å². The summed E-state index contributed by atoms with van der Waals surface area (Å²) in [5.41, 5.74) is 2.95. The summed E-state index contributed by atoms with van der Waals surface area (Å²) in [5.74, 6) is 1.02. The second-order valence-electron chi connectivity index (χ2n) is 8.19. The molecule has 5 rings (SSSR count). The second kappa shape index (κ2) is 8.04. The van der Waals surface area contributed by atoms with E-state index in [9.17, 15) is 4.79 Å². The molecule has 1 saturated heterocycles. The van der Waals surface area contributed by atoms with Gasteiger partial charge in [0.2, 0.25) is 5.91 Å². The molecule has 2 aromatic heterocycles. The number of para-hydroxylation sites is 1. The van der Waals surface area contributed by atoms with E-state index in [0.717, 1.165) is 67.2 Å². The summed E-state index contributed by atoms with van der Waals surface area (Å²) in [4.78, 5) is 28.5. The number of hydrogen-bond acceptors (Lipinski definition) is 6. The molecule has 7 heteroatoms. The Morgan fingerprint density at radius 3 is 2.90 bits per heavy atom. The summed E-state index contributed by atoms with van der Waals surface area (Å²) in [5, 5.41) is 1.11. The Kier molecular flexibility index (Phi) is 5.25. The van der Waals surface area contributed by atoms with E-state index in [1.165, 1.54) is 10.3 Å². The average molecular weight is 423 g/mol. The van der Waals surface area contributed by atoms with Gasteiger partial charge in [-0.1, -0.05) is 12.1 Å². The maximum Gasteiger partial charge on any atom is 0.222 e. The van der Waals surface area contributed by atoms with Gasteiger partial charge in [-0.15, -0.1) is 11.3 Å². The number of thiazole rings is 1. The van der Waals surface area contributed by atoms with Crippen LogP contribution in [0.1, 0.15) is 47.8 Å². The lowest BCUT2D eigenvalue weighted by molar-refractivity contribution is -0.141. The van der Waals surface area contributed by atoms with Crippen LogP contribution in [0.2, 0.25) is 0 Å². The summed E-state index contributed by atoms with van der Waals surface area (Å²) >= 11 is 1.73. The van der Waals surface area contributed by atoms with Crippen LogP contribution in [0.5, 0.6) is 0 Å². The molecule has 1 fully saturated rings. The molecule has 1 amide bonds. The van der Waals surface area contributed by atoms with Crippen molar-refractivity contribution in [3.8, 4) is 0 Å². The minimum Gasteiger partial charge on any atom is -0.368 e. The smallest absolute Gasteiger partial charge is 0.222 e. The third kappa shape index (κ3) is 3.72. The van der Waals surface area contributed by atoms with Crippen LogP contribution in [0.25, 0.3) is 10.2 Å². The number of aryl methyl sites for hydroxylation is 2. The number of rotatable bonds is 4. The number of amides is 1. The highest BCUT2D eigenvalue weighted by Gasteiger charge is 2.43. The van der Waals surface area contributed by atoms with Gasteiger partial charge in [-0.2, -0.15) is 0 Å². The molecule has 2 aliphatic heterocycles. The third-order valence-corrected chi connectivity index (χ3v) is 7.31. The zero-order valence-electron chi connectivity index (χ0n) is 17.3. The van der Waals surface area contributed by atoms with E-state index in [1.807, 2.05) is 36.2 Å². The predicted octanol–water partition coefficient (Wildman–Crippen LogP) is 3.81. The van der Waals surface area contributed by atoms with Crippen molar-refractivity contribution in [1.82, 2.24) is 19.9 Å². The van der Waals surface area contributed by atoms with Crippen LogP contribution >= 0.6 is 11.3 Å². The topological polar surface area (TPSA) is 68.2 Å². The Bertz CT molecular complexity index is 1040. The SMILES string of the molecule is Cc1ncc2c(n1)C1(CCN(C(=O)CCCc3nc4ccccc4s3)CC1)OCC2. The van der Waals surface area contributed by atoms with Gasteiger partial charge >= 0.3 is 0 Å². The van der Waals surface area contributed by atoms with Gasteiger partial charge < -0.3 is 9.64 Å². The van der Waals surface area contributed by atoms with Crippen LogP contribution in [0.15, 0.2) is 30.5 Å². The van der Waals surface area contributed by atoms with Gasteiger partial charge in [0.25, 0.3) is 0 Å². The minimum atomic E-state index is -0.348. The number of benzene rings is 1. The molecule has 1 aromatic carbocycles. The van der Waals surface area contributed by atoms with Gasteiger partial charge in [0.15, 0.2) is 0 Å². The first-order valence-corrected chi connectivity index (χ1v) is 11.5. The summed E-state index contributed by atoms with van der Waals surface area (Å²) in [7, 11) is 0. The average Bonchev–Trinajstić information content (AvgIpc) is 3.18. The summed E-state index contributed by atoms with van der Waals surface area (Å²) in [6.07, 6.45) is 6.69. The Labute approximate surface area is 180 Å². The monoisotopic (exact) mass is 422 g/mol. The lowest BCUT2D eigenvalue weighted by Crippen LogP contribution is -2.49. The summed E-state index contributed by atoms with van der Waals surface area (Å²) in [6.45, 7) is 4.08. The normalized spacial score (nSPS) is 18.0. The lowest BCUT2D eigenvalue weighted by Gasteiger charge is -2.44. The van der Waals surface area contributed by atoms with Crippen LogP contribution < -0.4 is 0 Å². The number of aromatic nitrogens is 3. The van der Waals surface area contributed by atoms with Gasteiger partial charge in [0, 0.05) is 25.7 Å². The molecule has 0 unspecified atom stereocenters. The predicted molar refractivity (Wildman–Crippen MR) is 116 cm³/mol. The Hall–Kier alpha value is -2.38. The van der Waals surface area contributed by atoms with Crippen molar-refractivity contribution in [2.75, 3.05) is 19.7 Å². The molecule has 0 bridgehead atoms.